The van der Waals surface area contributed by atoms with Crippen LogP contribution in [0.15, 0.2) is 6.08 Å². The molecule has 4 aliphatic heterocycles. The molecule has 0 amide bonds. The van der Waals surface area contributed by atoms with Gasteiger partial charge in [0, 0.05) is 32.5 Å². The van der Waals surface area contributed by atoms with Crippen LogP contribution in [0.2, 0.25) is 0 Å². The fourth-order valence-corrected chi connectivity index (χ4v) is 4.90. The van der Waals surface area contributed by atoms with E-state index in [1.807, 2.05) is 52.5 Å². The van der Waals surface area contributed by atoms with Gasteiger partial charge in [0.15, 0.2) is 11.6 Å². The van der Waals surface area contributed by atoms with E-state index in [0.717, 1.165) is 92.8 Å². The summed E-state index contributed by atoms with van der Waals surface area (Å²) in [5, 5.41) is 16.8. The summed E-state index contributed by atoms with van der Waals surface area (Å²) in [5.41, 5.74) is 0. The maximum absolute atomic E-state index is 5.19. The Kier molecular flexibility index (Phi) is 9.91. The highest BCUT2D eigenvalue weighted by Gasteiger charge is 2.13. The summed E-state index contributed by atoms with van der Waals surface area (Å²) in [6.45, 7) is 13.0. The van der Waals surface area contributed by atoms with Gasteiger partial charge in [0.1, 0.15) is 41.6 Å². The van der Waals surface area contributed by atoms with Crippen molar-refractivity contribution in [3.8, 4) is 0 Å². The number of allylic oxidation sites excluding steroid dienone is 1. The molecule has 8 rings (SSSR count). The normalized spacial score (nSPS) is 15.9. The van der Waals surface area contributed by atoms with Gasteiger partial charge in [-0.25, -0.2) is 38.7 Å². The molecule has 0 N–H and O–H groups in total. The van der Waals surface area contributed by atoms with Gasteiger partial charge in [-0.05, 0) is 59.5 Å². The Morgan fingerprint density at radius 3 is 1.77 bits per heavy atom. The van der Waals surface area contributed by atoms with E-state index in [9.17, 15) is 0 Å². The van der Waals surface area contributed by atoms with E-state index >= 15 is 0 Å². The second-order valence-electron chi connectivity index (χ2n) is 9.94. The van der Waals surface area contributed by atoms with E-state index in [2.05, 4.69) is 46.4 Å². The molecule has 0 unspecified atom stereocenters. The van der Waals surface area contributed by atoms with Gasteiger partial charge < -0.3 is 4.74 Å². The van der Waals surface area contributed by atoms with Gasteiger partial charge in [-0.1, -0.05) is 13.5 Å². The summed E-state index contributed by atoms with van der Waals surface area (Å²) >= 11 is 0. The molecule has 0 aromatic carbocycles. The molecule has 0 fully saturated rings. The molecule has 0 radical (unpaired) electrons. The molecule has 0 saturated heterocycles. The highest BCUT2D eigenvalue weighted by atomic mass is 16.5. The van der Waals surface area contributed by atoms with Crippen LogP contribution in [0.5, 0.6) is 0 Å². The molecule has 0 saturated carbocycles. The Labute approximate surface area is 235 Å². The van der Waals surface area contributed by atoms with Gasteiger partial charge in [-0.3, -0.25) is 0 Å². The first-order valence-corrected chi connectivity index (χ1v) is 13.8. The summed E-state index contributed by atoms with van der Waals surface area (Å²) in [4.78, 5) is 16.9. The Morgan fingerprint density at radius 1 is 0.600 bits per heavy atom. The Bertz CT molecular complexity index is 1290. The van der Waals surface area contributed by atoms with Gasteiger partial charge in [-0.15, -0.1) is 0 Å². The maximum atomic E-state index is 5.19. The van der Waals surface area contributed by atoms with Crippen molar-refractivity contribution in [1.82, 2.24) is 59.1 Å². The lowest BCUT2D eigenvalue weighted by Crippen LogP contribution is -2.17. The van der Waals surface area contributed by atoms with Crippen molar-refractivity contribution in [3.63, 3.8) is 0 Å². The number of hydrogen-bond acceptors (Lipinski definition) is 9. The summed E-state index contributed by atoms with van der Waals surface area (Å²) < 4.78 is 13.0. The fraction of sp³-hybridized carbons (Fsp3) is 0.630. The number of fused-ring (bicyclic) bond motifs is 4. The van der Waals surface area contributed by atoms with Crippen molar-refractivity contribution >= 4 is 6.08 Å². The highest BCUT2D eigenvalue weighted by molar-refractivity contribution is 5.41. The van der Waals surface area contributed by atoms with Crippen molar-refractivity contribution in [2.45, 2.75) is 106 Å². The first-order valence-electron chi connectivity index (χ1n) is 13.8. The quantitative estimate of drug-likeness (QED) is 0.324. The highest BCUT2D eigenvalue weighted by Crippen LogP contribution is 2.12. The van der Waals surface area contributed by atoms with Crippen molar-refractivity contribution in [1.29, 1.82) is 0 Å². The number of aryl methyl sites for hydroxylation is 9. The predicted molar refractivity (Wildman–Crippen MR) is 150 cm³/mol. The molecular weight excluding hydrogens is 508 g/mol. The van der Waals surface area contributed by atoms with Gasteiger partial charge in [0.05, 0.1) is 13.2 Å². The van der Waals surface area contributed by atoms with E-state index in [1.54, 1.807) is 0 Å². The van der Waals surface area contributed by atoms with Crippen LogP contribution in [0.3, 0.4) is 0 Å². The zero-order valence-electron chi connectivity index (χ0n) is 23.4. The fourth-order valence-electron chi connectivity index (χ4n) is 4.90. The van der Waals surface area contributed by atoms with Crippen LogP contribution in [-0.4, -0.2) is 65.7 Å². The van der Waals surface area contributed by atoms with Crippen LogP contribution in [0, 0.1) is 27.7 Å². The molecule has 4 aliphatic rings. The van der Waals surface area contributed by atoms with E-state index in [1.165, 1.54) is 25.1 Å². The number of rotatable bonds is 0. The lowest BCUT2D eigenvalue weighted by atomic mass is 10.2. The molecule has 0 spiro atoms. The van der Waals surface area contributed by atoms with Crippen LogP contribution < -0.4 is 0 Å². The molecule has 8 heterocycles. The van der Waals surface area contributed by atoms with E-state index in [4.69, 9.17) is 4.74 Å². The van der Waals surface area contributed by atoms with Crippen molar-refractivity contribution in [2.24, 2.45) is 0 Å². The second-order valence-corrected chi connectivity index (χ2v) is 9.94. The molecule has 13 heteroatoms. The number of ether oxygens (including phenoxy) is 1. The summed E-state index contributed by atoms with van der Waals surface area (Å²) in [6, 6.07) is 0. The van der Waals surface area contributed by atoms with Crippen molar-refractivity contribution < 1.29 is 4.74 Å². The average Bonchev–Trinajstić information content (AvgIpc) is 3.72. The lowest BCUT2D eigenvalue weighted by Gasteiger charge is -2.11. The molecular formula is C27H42N12O. The van der Waals surface area contributed by atoms with E-state index in [0.29, 0.717) is 6.61 Å². The van der Waals surface area contributed by atoms with Crippen molar-refractivity contribution in [3.05, 3.63) is 52.7 Å². The van der Waals surface area contributed by atoms with Crippen molar-refractivity contribution in [2.75, 3.05) is 6.61 Å². The third kappa shape index (κ3) is 7.46. The predicted octanol–water partition coefficient (Wildman–Crippen LogP) is 3.21. The van der Waals surface area contributed by atoms with E-state index < -0.39 is 0 Å². The molecule has 0 bridgehead atoms. The van der Waals surface area contributed by atoms with Gasteiger partial charge in [-0.2, -0.15) is 20.4 Å². The molecule has 216 valence electrons. The number of hydrogen-bond donors (Lipinski definition) is 0. The van der Waals surface area contributed by atoms with E-state index in [-0.39, 0.29) is 7.43 Å². The Hall–Kier alpha value is -3.74. The molecule has 13 nitrogen and oxygen atoms in total. The number of nitrogens with zero attached hydrogens (tertiary/aromatic N) is 12. The average molecular weight is 551 g/mol. The second kappa shape index (κ2) is 13.6. The lowest BCUT2D eigenvalue weighted by molar-refractivity contribution is 0.0769. The first kappa shape index (κ1) is 29.2. The minimum atomic E-state index is 0. The van der Waals surface area contributed by atoms with Crippen LogP contribution in [0.25, 0.3) is 6.08 Å². The van der Waals surface area contributed by atoms with Gasteiger partial charge >= 0.3 is 0 Å². The largest absolute Gasteiger partial charge is 0.372 e. The van der Waals surface area contributed by atoms with Crippen LogP contribution in [0.4, 0.5) is 0 Å². The smallest absolute Gasteiger partial charge is 0.153 e. The SMILES string of the molecule is C.Cc1nc2n(n1)CCC2.Cc1nc2n(n1)CCC=C2.Cc1nc2n(n1)CCCC2.Cc1nc2n(n1)CCOC2. The standard InChI is InChI=1S/C7H11N3.C7H9N3.C6H9N3O.C6H9N3.CH4/c2*1-6-8-7-4-2-3-5-10(7)9-6;1-5-7-6-4-10-3-2-9(6)8-5;1-5-7-6-3-2-4-9(6)8-5;/h2-5H2,1H3;2,4H,3,5H2,1H3;2-4H2,1H3;2-4H2,1H3;1H4. The third-order valence-electron chi connectivity index (χ3n) is 6.61. The summed E-state index contributed by atoms with van der Waals surface area (Å²) in [6.07, 6.45) is 11.2. The topological polar surface area (TPSA) is 132 Å². The van der Waals surface area contributed by atoms with Crippen LogP contribution in [0.1, 0.15) is 79.7 Å². The first-order chi connectivity index (χ1) is 18.9. The molecule has 4 aromatic heterocycles. The zero-order valence-corrected chi connectivity index (χ0v) is 23.4. The summed E-state index contributed by atoms with van der Waals surface area (Å²) in [5.74, 6) is 7.78. The minimum Gasteiger partial charge on any atom is -0.372 e. The van der Waals surface area contributed by atoms with Crippen LogP contribution >= 0.6 is 0 Å². The van der Waals surface area contributed by atoms with Gasteiger partial charge in [0.2, 0.25) is 0 Å². The molecule has 0 atom stereocenters. The Balaban J connectivity index is 0.000000122. The monoisotopic (exact) mass is 550 g/mol. The Morgan fingerprint density at radius 2 is 1.15 bits per heavy atom. The molecule has 40 heavy (non-hydrogen) atoms. The summed E-state index contributed by atoms with van der Waals surface area (Å²) in [7, 11) is 0. The maximum Gasteiger partial charge on any atom is 0.153 e. The minimum absolute atomic E-state index is 0. The number of aromatic nitrogens is 12. The third-order valence-corrected chi connectivity index (χ3v) is 6.61. The van der Waals surface area contributed by atoms with Crippen LogP contribution in [-0.2, 0) is 50.4 Å². The molecule has 4 aromatic rings. The molecule has 0 aliphatic carbocycles. The van der Waals surface area contributed by atoms with Gasteiger partial charge in [0.25, 0.3) is 0 Å². The zero-order chi connectivity index (χ0) is 27.2.